The van der Waals surface area contributed by atoms with Gasteiger partial charge >= 0.3 is 0 Å². The lowest BCUT2D eigenvalue weighted by molar-refractivity contribution is 0.102. The number of carbonyl (C=O) groups excluding carboxylic acids is 1. The van der Waals surface area contributed by atoms with E-state index in [2.05, 4.69) is 24.1 Å². The predicted octanol–water partition coefficient (Wildman–Crippen LogP) is 4.89. The third-order valence-electron chi connectivity index (χ3n) is 3.62. The van der Waals surface area contributed by atoms with Gasteiger partial charge < -0.3 is 4.74 Å². The zero-order valence-electron chi connectivity index (χ0n) is 14.0. The Kier molecular flexibility index (Phi) is 4.81. The number of para-hydroxylation sites is 1. The van der Waals surface area contributed by atoms with Crippen molar-refractivity contribution in [2.24, 2.45) is 5.92 Å². The van der Waals surface area contributed by atoms with E-state index in [9.17, 15) is 4.79 Å². The summed E-state index contributed by atoms with van der Waals surface area (Å²) in [4.78, 5) is 17.0. The Bertz CT molecular complexity index is 838. The minimum Gasteiger partial charge on any atom is -0.493 e. The van der Waals surface area contributed by atoms with E-state index in [1.807, 2.05) is 43.3 Å². The van der Waals surface area contributed by atoms with E-state index in [0.717, 1.165) is 21.5 Å². The zero-order chi connectivity index (χ0) is 17.1. The van der Waals surface area contributed by atoms with Gasteiger partial charge in [0.15, 0.2) is 5.13 Å². The highest BCUT2D eigenvalue weighted by atomic mass is 32.1. The number of rotatable bonds is 5. The van der Waals surface area contributed by atoms with Gasteiger partial charge in [0.2, 0.25) is 0 Å². The number of amides is 1. The molecular weight excluding hydrogens is 320 g/mol. The molecule has 1 heterocycles. The number of aromatic nitrogens is 1. The molecule has 0 spiro atoms. The Labute approximate surface area is 145 Å². The summed E-state index contributed by atoms with van der Waals surface area (Å²) in [6, 6.07) is 13.4. The van der Waals surface area contributed by atoms with Crippen molar-refractivity contribution in [3.63, 3.8) is 0 Å². The summed E-state index contributed by atoms with van der Waals surface area (Å²) in [5.74, 6) is 1.02. The molecule has 0 aliphatic heterocycles. The van der Waals surface area contributed by atoms with Crippen LogP contribution in [-0.4, -0.2) is 17.5 Å². The Balaban J connectivity index is 1.80. The summed E-state index contributed by atoms with van der Waals surface area (Å²) in [5, 5.41) is 3.50. The molecule has 3 aromatic rings. The molecule has 0 fully saturated rings. The van der Waals surface area contributed by atoms with Gasteiger partial charge in [-0.05, 0) is 37.1 Å². The van der Waals surface area contributed by atoms with Gasteiger partial charge in [0, 0.05) is 11.1 Å². The maximum absolute atomic E-state index is 12.6. The minimum absolute atomic E-state index is 0.165. The number of benzene rings is 2. The summed E-state index contributed by atoms with van der Waals surface area (Å²) in [7, 11) is 0. The molecule has 1 amide bonds. The van der Waals surface area contributed by atoms with Crippen LogP contribution in [0.4, 0.5) is 5.13 Å². The Morgan fingerprint density at radius 1 is 1.21 bits per heavy atom. The number of ether oxygens (including phenoxy) is 1. The largest absolute Gasteiger partial charge is 0.493 e. The van der Waals surface area contributed by atoms with Gasteiger partial charge in [-0.25, -0.2) is 4.98 Å². The van der Waals surface area contributed by atoms with Gasteiger partial charge in [-0.2, -0.15) is 0 Å². The van der Waals surface area contributed by atoms with Crippen LogP contribution in [0.2, 0.25) is 0 Å². The third kappa shape index (κ3) is 3.57. The van der Waals surface area contributed by atoms with Crippen LogP contribution in [0.25, 0.3) is 10.2 Å². The second-order valence-corrected chi connectivity index (χ2v) is 7.11. The van der Waals surface area contributed by atoms with Gasteiger partial charge in [-0.15, -0.1) is 0 Å². The molecule has 0 radical (unpaired) electrons. The maximum Gasteiger partial charge on any atom is 0.257 e. The molecule has 1 aromatic heterocycles. The summed E-state index contributed by atoms with van der Waals surface area (Å²) >= 11 is 1.47. The molecule has 0 atom stereocenters. The van der Waals surface area contributed by atoms with Gasteiger partial charge in [0.1, 0.15) is 5.75 Å². The smallest absolute Gasteiger partial charge is 0.257 e. The lowest BCUT2D eigenvalue weighted by Gasteiger charge is -2.13. The Morgan fingerprint density at radius 2 is 2.00 bits per heavy atom. The average Bonchev–Trinajstić information content (AvgIpc) is 2.95. The molecule has 3 rings (SSSR count). The van der Waals surface area contributed by atoms with Gasteiger partial charge in [-0.3, -0.25) is 10.1 Å². The van der Waals surface area contributed by atoms with Gasteiger partial charge in [0.05, 0.1) is 16.8 Å². The number of thiazole rings is 1. The highest BCUT2D eigenvalue weighted by molar-refractivity contribution is 7.22. The topological polar surface area (TPSA) is 51.2 Å². The molecule has 0 saturated carbocycles. The van der Waals surface area contributed by atoms with Crippen molar-refractivity contribution < 1.29 is 9.53 Å². The first-order chi connectivity index (χ1) is 11.5. The van der Waals surface area contributed by atoms with Crippen molar-refractivity contribution in [2.75, 3.05) is 11.9 Å². The molecule has 5 heteroatoms. The number of nitrogens with one attached hydrogen (secondary N) is 1. The van der Waals surface area contributed by atoms with Crippen LogP contribution in [0.15, 0.2) is 42.5 Å². The van der Waals surface area contributed by atoms with E-state index in [0.29, 0.717) is 23.2 Å². The van der Waals surface area contributed by atoms with Crippen molar-refractivity contribution in [3.05, 3.63) is 53.6 Å². The van der Waals surface area contributed by atoms with Crippen molar-refractivity contribution in [1.82, 2.24) is 4.98 Å². The van der Waals surface area contributed by atoms with Crippen molar-refractivity contribution in [1.29, 1.82) is 0 Å². The molecule has 0 aliphatic carbocycles. The summed E-state index contributed by atoms with van der Waals surface area (Å²) < 4.78 is 6.85. The zero-order valence-corrected chi connectivity index (χ0v) is 14.8. The standard InChI is InChI=1S/C19H20N2O2S/c1-12(2)11-23-16-9-6-7-14(13(16)3)18(22)21-19-20-15-8-4-5-10-17(15)24-19/h4-10,12H,11H2,1-3H3,(H,20,21,22). The van der Waals surface area contributed by atoms with Crippen molar-refractivity contribution in [3.8, 4) is 5.75 Å². The lowest BCUT2D eigenvalue weighted by Crippen LogP contribution is -2.14. The van der Waals surface area contributed by atoms with Gasteiger partial charge in [0.25, 0.3) is 5.91 Å². The number of hydrogen-bond acceptors (Lipinski definition) is 4. The Morgan fingerprint density at radius 3 is 2.75 bits per heavy atom. The number of hydrogen-bond donors (Lipinski definition) is 1. The molecule has 124 valence electrons. The van der Waals surface area contributed by atoms with Crippen LogP contribution in [0.3, 0.4) is 0 Å². The van der Waals surface area contributed by atoms with Crippen LogP contribution in [0, 0.1) is 12.8 Å². The summed E-state index contributed by atoms with van der Waals surface area (Å²) in [5.41, 5.74) is 2.34. The lowest BCUT2D eigenvalue weighted by atomic mass is 10.1. The molecule has 2 aromatic carbocycles. The summed E-state index contributed by atoms with van der Waals surface area (Å²) in [6.45, 7) is 6.73. The first-order valence-electron chi connectivity index (χ1n) is 7.94. The van der Waals surface area contributed by atoms with Crippen LogP contribution >= 0.6 is 11.3 Å². The van der Waals surface area contributed by atoms with Crippen LogP contribution in [0.1, 0.15) is 29.8 Å². The molecule has 4 nitrogen and oxygen atoms in total. The third-order valence-corrected chi connectivity index (χ3v) is 4.57. The van der Waals surface area contributed by atoms with E-state index in [1.165, 1.54) is 11.3 Å². The molecular formula is C19H20N2O2S. The quantitative estimate of drug-likeness (QED) is 0.719. The minimum atomic E-state index is -0.165. The molecule has 24 heavy (non-hydrogen) atoms. The average molecular weight is 340 g/mol. The molecule has 0 aliphatic rings. The fourth-order valence-corrected chi connectivity index (χ4v) is 3.22. The number of carbonyl (C=O) groups is 1. The summed E-state index contributed by atoms with van der Waals surface area (Å²) in [6.07, 6.45) is 0. The SMILES string of the molecule is Cc1c(OCC(C)C)cccc1C(=O)Nc1nc2ccccc2s1. The second-order valence-electron chi connectivity index (χ2n) is 6.07. The molecule has 0 bridgehead atoms. The van der Waals surface area contributed by atoms with Crippen LogP contribution in [0.5, 0.6) is 5.75 Å². The number of anilines is 1. The van der Waals surface area contributed by atoms with E-state index >= 15 is 0 Å². The normalized spacial score (nSPS) is 11.0. The number of nitrogens with zero attached hydrogens (tertiary/aromatic N) is 1. The van der Waals surface area contributed by atoms with Crippen molar-refractivity contribution in [2.45, 2.75) is 20.8 Å². The van der Waals surface area contributed by atoms with E-state index < -0.39 is 0 Å². The Hall–Kier alpha value is -2.40. The predicted molar refractivity (Wildman–Crippen MR) is 99.1 cm³/mol. The maximum atomic E-state index is 12.6. The second kappa shape index (κ2) is 7.01. The monoisotopic (exact) mass is 340 g/mol. The van der Waals surface area contributed by atoms with Crippen molar-refractivity contribution >= 4 is 32.6 Å². The fraction of sp³-hybridized carbons (Fsp3) is 0.263. The first-order valence-corrected chi connectivity index (χ1v) is 8.75. The highest BCUT2D eigenvalue weighted by Crippen LogP contribution is 2.27. The van der Waals surface area contributed by atoms with Crippen LogP contribution in [-0.2, 0) is 0 Å². The van der Waals surface area contributed by atoms with Gasteiger partial charge in [-0.1, -0.05) is 43.4 Å². The number of fused-ring (bicyclic) bond motifs is 1. The van der Waals surface area contributed by atoms with E-state index in [4.69, 9.17) is 4.74 Å². The van der Waals surface area contributed by atoms with E-state index in [1.54, 1.807) is 6.07 Å². The fourth-order valence-electron chi connectivity index (χ4n) is 2.36. The molecule has 0 unspecified atom stereocenters. The van der Waals surface area contributed by atoms with Crippen LogP contribution < -0.4 is 10.1 Å². The molecule has 0 saturated heterocycles. The highest BCUT2D eigenvalue weighted by Gasteiger charge is 2.15. The van der Waals surface area contributed by atoms with E-state index in [-0.39, 0.29) is 5.91 Å². The molecule has 1 N–H and O–H groups in total. The first kappa shape index (κ1) is 16.5.